The summed E-state index contributed by atoms with van der Waals surface area (Å²) in [4.78, 5) is 28.5. The molecule has 0 aliphatic rings. The topological polar surface area (TPSA) is 106 Å². The number of aromatic nitrogens is 2. The van der Waals surface area contributed by atoms with Crippen molar-refractivity contribution in [2.45, 2.75) is 66.0 Å². The van der Waals surface area contributed by atoms with E-state index >= 15 is 0 Å². The lowest BCUT2D eigenvalue weighted by molar-refractivity contribution is -0.121. The molecule has 1 aromatic heterocycles. The van der Waals surface area contributed by atoms with Gasteiger partial charge in [0.2, 0.25) is 17.6 Å². The third-order valence-corrected chi connectivity index (χ3v) is 4.48. The molecule has 1 unspecified atom stereocenters. The fraction of sp³-hybridized carbons (Fsp3) is 0.545. The van der Waals surface area contributed by atoms with Crippen LogP contribution in [0.1, 0.15) is 52.5 Å². The second kappa shape index (κ2) is 10.4. The quantitative estimate of drug-likeness (QED) is 0.655. The summed E-state index contributed by atoms with van der Waals surface area (Å²) >= 11 is 0. The predicted octanol–water partition coefficient (Wildman–Crippen LogP) is 3.78. The number of ether oxygens (including phenoxy) is 1. The Balaban J connectivity index is 1.83. The molecule has 2 amide bonds. The second-order valence-corrected chi connectivity index (χ2v) is 8.78. The summed E-state index contributed by atoms with van der Waals surface area (Å²) in [6.45, 7) is 11.2. The zero-order chi connectivity index (χ0) is 23.2. The highest BCUT2D eigenvalue weighted by molar-refractivity contribution is 5.76. The molecule has 0 bridgehead atoms. The maximum atomic E-state index is 13.4. The molecule has 2 N–H and O–H groups in total. The van der Waals surface area contributed by atoms with E-state index in [0.29, 0.717) is 22.8 Å². The van der Waals surface area contributed by atoms with Crippen molar-refractivity contribution >= 4 is 12.0 Å². The Morgan fingerprint density at radius 3 is 2.58 bits per heavy atom. The van der Waals surface area contributed by atoms with Crippen LogP contribution in [0.25, 0.3) is 11.4 Å². The van der Waals surface area contributed by atoms with E-state index in [4.69, 9.17) is 9.26 Å². The Morgan fingerprint density at radius 2 is 1.97 bits per heavy atom. The van der Waals surface area contributed by atoms with Crippen LogP contribution in [0.2, 0.25) is 0 Å². The fourth-order valence-corrected chi connectivity index (χ4v) is 2.70. The van der Waals surface area contributed by atoms with Crippen LogP contribution in [-0.4, -0.2) is 40.3 Å². The first-order valence-corrected chi connectivity index (χ1v) is 10.3. The predicted molar refractivity (Wildman–Crippen MR) is 114 cm³/mol. The number of benzene rings is 1. The van der Waals surface area contributed by atoms with Crippen LogP contribution in [-0.2, 0) is 16.0 Å². The molecule has 0 spiro atoms. The smallest absolute Gasteiger partial charge is 0.407 e. The first-order valence-electron chi connectivity index (χ1n) is 10.3. The van der Waals surface area contributed by atoms with E-state index in [1.807, 2.05) is 13.8 Å². The fourth-order valence-electron chi connectivity index (χ4n) is 2.70. The van der Waals surface area contributed by atoms with Gasteiger partial charge in [-0.3, -0.25) is 4.79 Å². The van der Waals surface area contributed by atoms with Crippen LogP contribution in [0.3, 0.4) is 0 Å². The highest BCUT2D eigenvalue weighted by Crippen LogP contribution is 2.19. The molecule has 0 aliphatic heterocycles. The van der Waals surface area contributed by atoms with Crippen molar-refractivity contribution in [2.24, 2.45) is 5.92 Å². The van der Waals surface area contributed by atoms with E-state index in [-0.39, 0.29) is 43.1 Å². The molecule has 31 heavy (non-hydrogen) atoms. The monoisotopic (exact) mass is 434 g/mol. The number of nitrogens with one attached hydrogen (secondary N) is 2. The van der Waals surface area contributed by atoms with E-state index in [1.165, 1.54) is 6.07 Å². The minimum atomic E-state index is -0.593. The van der Waals surface area contributed by atoms with Gasteiger partial charge in [-0.25, -0.2) is 9.18 Å². The van der Waals surface area contributed by atoms with Crippen molar-refractivity contribution in [1.29, 1.82) is 0 Å². The van der Waals surface area contributed by atoms with Crippen LogP contribution < -0.4 is 10.6 Å². The van der Waals surface area contributed by atoms with Gasteiger partial charge in [0, 0.05) is 24.9 Å². The molecule has 1 aromatic carbocycles. The van der Waals surface area contributed by atoms with E-state index < -0.39 is 11.7 Å². The molecule has 0 fully saturated rings. The molecule has 0 saturated heterocycles. The number of carbonyl (C=O) groups is 2. The molecule has 2 rings (SSSR count). The normalized spacial score (nSPS) is 12.5. The summed E-state index contributed by atoms with van der Waals surface area (Å²) in [5.41, 5.74) is 0.541. The summed E-state index contributed by atoms with van der Waals surface area (Å²) in [5, 5.41) is 9.50. The first kappa shape index (κ1) is 24.3. The van der Waals surface area contributed by atoms with Crippen molar-refractivity contribution < 1.29 is 23.2 Å². The lowest BCUT2D eigenvalue weighted by Crippen LogP contribution is -2.48. The standard InChI is InChI=1S/C22H31FN4O4/c1-13(2)17(25-21(29)30-22(4,5)6)12-24-18(28)9-10-19-26-20(27-31-19)15-7-8-16(23)14(3)11-15/h7-8,11,13,17H,9-10,12H2,1-6H3,(H,24,28)(H,25,29). The van der Waals surface area contributed by atoms with Crippen molar-refractivity contribution in [3.05, 3.63) is 35.5 Å². The van der Waals surface area contributed by atoms with Crippen LogP contribution in [0.5, 0.6) is 0 Å². The van der Waals surface area contributed by atoms with Crippen LogP contribution >= 0.6 is 0 Å². The van der Waals surface area contributed by atoms with Gasteiger partial charge < -0.3 is 19.9 Å². The van der Waals surface area contributed by atoms with Gasteiger partial charge in [0.25, 0.3) is 0 Å². The molecular formula is C22H31FN4O4. The SMILES string of the molecule is Cc1cc(-c2noc(CCC(=O)NCC(NC(=O)OC(C)(C)C)C(C)C)n2)ccc1F. The lowest BCUT2D eigenvalue weighted by Gasteiger charge is -2.26. The largest absolute Gasteiger partial charge is 0.444 e. The van der Waals surface area contributed by atoms with Gasteiger partial charge in [0.15, 0.2) is 0 Å². The average Bonchev–Trinajstić information content (AvgIpc) is 3.13. The zero-order valence-electron chi connectivity index (χ0n) is 18.9. The number of alkyl carbamates (subject to hydrolysis) is 1. The lowest BCUT2D eigenvalue weighted by atomic mass is 10.0. The number of hydrogen-bond acceptors (Lipinski definition) is 6. The zero-order valence-corrected chi connectivity index (χ0v) is 18.9. The average molecular weight is 435 g/mol. The molecule has 8 nitrogen and oxygen atoms in total. The van der Waals surface area contributed by atoms with E-state index in [0.717, 1.165) is 0 Å². The van der Waals surface area contributed by atoms with Gasteiger partial charge in [0.05, 0.1) is 6.04 Å². The van der Waals surface area contributed by atoms with Crippen molar-refractivity contribution in [1.82, 2.24) is 20.8 Å². The van der Waals surface area contributed by atoms with Crippen molar-refractivity contribution in [2.75, 3.05) is 6.54 Å². The maximum absolute atomic E-state index is 13.4. The molecule has 0 aliphatic carbocycles. The van der Waals surface area contributed by atoms with Gasteiger partial charge >= 0.3 is 6.09 Å². The van der Waals surface area contributed by atoms with Crippen LogP contribution in [0, 0.1) is 18.7 Å². The summed E-state index contributed by atoms with van der Waals surface area (Å²) < 4.78 is 23.9. The molecular weight excluding hydrogens is 403 g/mol. The Hall–Kier alpha value is -2.97. The molecule has 170 valence electrons. The second-order valence-electron chi connectivity index (χ2n) is 8.78. The Labute approximate surface area is 181 Å². The van der Waals surface area contributed by atoms with Crippen LogP contribution in [0.15, 0.2) is 22.7 Å². The molecule has 2 aromatic rings. The van der Waals surface area contributed by atoms with Crippen molar-refractivity contribution in [3.63, 3.8) is 0 Å². The van der Waals surface area contributed by atoms with E-state index in [1.54, 1.807) is 39.8 Å². The number of hydrogen-bond donors (Lipinski definition) is 2. The number of aryl methyl sites for hydroxylation is 2. The minimum Gasteiger partial charge on any atom is -0.444 e. The Bertz CT molecular complexity index is 905. The Morgan fingerprint density at radius 1 is 1.26 bits per heavy atom. The number of nitrogens with zero attached hydrogens (tertiary/aromatic N) is 2. The van der Waals surface area contributed by atoms with Gasteiger partial charge in [-0.2, -0.15) is 4.98 Å². The molecule has 0 saturated carbocycles. The van der Waals surface area contributed by atoms with Crippen molar-refractivity contribution in [3.8, 4) is 11.4 Å². The summed E-state index contributed by atoms with van der Waals surface area (Å²) in [7, 11) is 0. The number of halogens is 1. The van der Waals surface area contributed by atoms with Gasteiger partial charge in [-0.1, -0.05) is 19.0 Å². The molecule has 9 heteroatoms. The highest BCUT2D eigenvalue weighted by Gasteiger charge is 2.22. The van der Waals surface area contributed by atoms with E-state index in [9.17, 15) is 14.0 Å². The number of carbonyl (C=O) groups excluding carboxylic acids is 2. The van der Waals surface area contributed by atoms with Crippen LogP contribution in [0.4, 0.5) is 9.18 Å². The third kappa shape index (κ3) is 7.99. The van der Waals surface area contributed by atoms with E-state index in [2.05, 4.69) is 20.8 Å². The minimum absolute atomic E-state index is 0.102. The van der Waals surface area contributed by atoms with Gasteiger partial charge in [-0.05, 0) is 57.4 Å². The molecule has 0 radical (unpaired) electrons. The molecule has 1 heterocycles. The number of rotatable bonds is 8. The van der Waals surface area contributed by atoms with Gasteiger partial charge in [-0.15, -0.1) is 0 Å². The highest BCUT2D eigenvalue weighted by atomic mass is 19.1. The van der Waals surface area contributed by atoms with Gasteiger partial charge in [0.1, 0.15) is 11.4 Å². The first-order chi connectivity index (χ1) is 14.4. The summed E-state index contributed by atoms with van der Waals surface area (Å²) in [6.07, 6.45) is -0.0958. The Kier molecular flexibility index (Phi) is 8.13. The number of amides is 2. The maximum Gasteiger partial charge on any atom is 0.407 e. The summed E-state index contributed by atoms with van der Waals surface area (Å²) in [5.74, 6) is 0.267. The third-order valence-electron chi connectivity index (χ3n) is 4.48. The molecule has 1 atom stereocenters. The summed E-state index contributed by atoms with van der Waals surface area (Å²) in [6, 6.07) is 4.30.